The molecule has 114 valence electrons. The van der Waals surface area contributed by atoms with Crippen LogP contribution in [0.25, 0.3) is 5.69 Å². The lowest BCUT2D eigenvalue weighted by Gasteiger charge is -2.29. The van der Waals surface area contributed by atoms with Gasteiger partial charge in [0.1, 0.15) is 0 Å². The first kappa shape index (κ1) is 15.7. The van der Waals surface area contributed by atoms with Gasteiger partial charge in [-0.2, -0.15) is 5.10 Å². The van der Waals surface area contributed by atoms with Crippen LogP contribution < -0.4 is 5.32 Å². The summed E-state index contributed by atoms with van der Waals surface area (Å²) in [6.45, 7) is 10.6. The number of hydrogen-bond donors (Lipinski definition) is 2. The second-order valence-electron chi connectivity index (χ2n) is 6.15. The van der Waals surface area contributed by atoms with E-state index in [2.05, 4.69) is 29.5 Å². The van der Waals surface area contributed by atoms with Crippen LogP contribution >= 0.6 is 0 Å². The second kappa shape index (κ2) is 6.00. The molecule has 0 amide bonds. The van der Waals surface area contributed by atoms with Gasteiger partial charge in [-0.3, -0.25) is 0 Å². The molecule has 0 saturated carbocycles. The number of hydrogen-bond acceptors (Lipinski definition) is 3. The predicted molar refractivity (Wildman–Crippen MR) is 85.6 cm³/mol. The molecule has 0 spiro atoms. The van der Waals surface area contributed by atoms with Gasteiger partial charge in [0.25, 0.3) is 0 Å². The molecule has 0 saturated heterocycles. The van der Waals surface area contributed by atoms with E-state index in [1.54, 1.807) is 6.92 Å². The summed E-state index contributed by atoms with van der Waals surface area (Å²) in [5.41, 5.74) is 4.08. The zero-order valence-corrected chi connectivity index (χ0v) is 13.5. The molecule has 0 aliphatic heterocycles. The van der Waals surface area contributed by atoms with E-state index in [0.29, 0.717) is 6.54 Å². The third kappa shape index (κ3) is 3.34. The van der Waals surface area contributed by atoms with Crippen LogP contribution in [0.5, 0.6) is 0 Å². The number of benzene rings is 1. The Morgan fingerprint density at radius 3 is 2.43 bits per heavy atom. The Bertz CT molecular complexity index is 600. The van der Waals surface area contributed by atoms with Crippen molar-refractivity contribution in [2.75, 3.05) is 0 Å². The molecule has 2 aromatic rings. The highest BCUT2D eigenvalue weighted by atomic mass is 16.3. The SMILES string of the molecule is Cc1nn(-c2ccccc2)c(C)c1CNC(C)(C)C(C)O. The van der Waals surface area contributed by atoms with E-state index in [-0.39, 0.29) is 5.54 Å². The summed E-state index contributed by atoms with van der Waals surface area (Å²) >= 11 is 0. The predicted octanol–water partition coefficient (Wildman–Crippen LogP) is 2.74. The van der Waals surface area contributed by atoms with Crippen LogP contribution in [-0.2, 0) is 6.54 Å². The lowest BCUT2D eigenvalue weighted by atomic mass is 9.98. The van der Waals surface area contributed by atoms with Gasteiger partial charge >= 0.3 is 0 Å². The number of aromatic nitrogens is 2. The first-order valence-electron chi connectivity index (χ1n) is 7.36. The van der Waals surface area contributed by atoms with Crippen molar-refractivity contribution in [1.29, 1.82) is 0 Å². The fraction of sp³-hybridized carbons (Fsp3) is 0.471. The zero-order valence-electron chi connectivity index (χ0n) is 13.5. The minimum absolute atomic E-state index is 0.326. The van der Waals surface area contributed by atoms with Crippen molar-refractivity contribution in [3.05, 3.63) is 47.3 Å². The molecular formula is C17H25N3O. The van der Waals surface area contributed by atoms with Crippen LogP contribution in [0, 0.1) is 13.8 Å². The molecule has 1 aromatic carbocycles. The normalized spacial score (nSPS) is 13.4. The highest BCUT2D eigenvalue weighted by Gasteiger charge is 2.24. The molecule has 0 fully saturated rings. The second-order valence-corrected chi connectivity index (χ2v) is 6.15. The van der Waals surface area contributed by atoms with Gasteiger partial charge in [0, 0.05) is 23.3 Å². The molecule has 4 heteroatoms. The van der Waals surface area contributed by atoms with Gasteiger partial charge in [0.15, 0.2) is 0 Å². The summed E-state index contributed by atoms with van der Waals surface area (Å²) in [6, 6.07) is 10.1. The van der Waals surface area contributed by atoms with Crippen LogP contribution in [-0.4, -0.2) is 26.5 Å². The molecule has 1 aromatic heterocycles. The number of nitrogens with one attached hydrogen (secondary N) is 1. The monoisotopic (exact) mass is 287 g/mol. The van der Waals surface area contributed by atoms with Gasteiger partial charge in [-0.15, -0.1) is 0 Å². The van der Waals surface area contributed by atoms with Gasteiger partial charge in [-0.25, -0.2) is 4.68 Å². The number of aryl methyl sites for hydroxylation is 1. The molecule has 0 radical (unpaired) electrons. The van der Waals surface area contributed by atoms with Crippen molar-refractivity contribution in [3.63, 3.8) is 0 Å². The molecule has 1 atom stereocenters. The van der Waals surface area contributed by atoms with Gasteiger partial charge < -0.3 is 10.4 Å². The fourth-order valence-corrected chi connectivity index (χ4v) is 2.22. The van der Waals surface area contributed by atoms with E-state index in [0.717, 1.165) is 17.1 Å². The zero-order chi connectivity index (χ0) is 15.6. The minimum atomic E-state index is -0.415. The molecule has 2 rings (SSSR count). The summed E-state index contributed by atoms with van der Waals surface area (Å²) in [5.74, 6) is 0. The lowest BCUT2D eigenvalue weighted by Crippen LogP contribution is -2.47. The van der Waals surface area contributed by atoms with Crippen LogP contribution in [0.15, 0.2) is 30.3 Å². The molecule has 0 bridgehead atoms. The topological polar surface area (TPSA) is 50.1 Å². The summed E-state index contributed by atoms with van der Waals surface area (Å²) in [4.78, 5) is 0. The highest BCUT2D eigenvalue weighted by Crippen LogP contribution is 2.19. The van der Waals surface area contributed by atoms with Crippen molar-refractivity contribution in [1.82, 2.24) is 15.1 Å². The highest BCUT2D eigenvalue weighted by molar-refractivity contribution is 5.36. The van der Waals surface area contributed by atoms with E-state index in [4.69, 9.17) is 0 Å². The van der Waals surface area contributed by atoms with E-state index in [1.807, 2.05) is 43.7 Å². The molecule has 21 heavy (non-hydrogen) atoms. The summed E-state index contributed by atoms with van der Waals surface area (Å²) in [7, 11) is 0. The Hall–Kier alpha value is -1.65. The van der Waals surface area contributed by atoms with Gasteiger partial charge in [0.2, 0.25) is 0 Å². The molecule has 0 aliphatic carbocycles. The van der Waals surface area contributed by atoms with Gasteiger partial charge in [-0.1, -0.05) is 18.2 Å². The Morgan fingerprint density at radius 2 is 1.86 bits per heavy atom. The molecule has 1 unspecified atom stereocenters. The van der Waals surface area contributed by atoms with Gasteiger partial charge in [0.05, 0.1) is 17.5 Å². The number of rotatable bonds is 5. The maximum atomic E-state index is 9.80. The Kier molecular flexibility index (Phi) is 4.49. The van der Waals surface area contributed by atoms with Crippen molar-refractivity contribution < 1.29 is 5.11 Å². The smallest absolute Gasteiger partial charge is 0.0688 e. The third-order valence-electron chi connectivity index (χ3n) is 4.21. The molecular weight excluding hydrogens is 262 g/mol. The van der Waals surface area contributed by atoms with Crippen molar-refractivity contribution in [3.8, 4) is 5.69 Å². The van der Waals surface area contributed by atoms with Crippen molar-refractivity contribution in [2.45, 2.75) is 52.8 Å². The fourth-order valence-electron chi connectivity index (χ4n) is 2.22. The van der Waals surface area contributed by atoms with E-state index in [9.17, 15) is 5.11 Å². The first-order chi connectivity index (χ1) is 9.83. The number of aliphatic hydroxyl groups excluding tert-OH is 1. The summed E-state index contributed by atoms with van der Waals surface area (Å²) in [6.07, 6.45) is -0.415. The average molecular weight is 287 g/mol. The van der Waals surface area contributed by atoms with E-state index in [1.165, 1.54) is 5.56 Å². The Labute approximate surface area is 126 Å². The lowest BCUT2D eigenvalue weighted by molar-refractivity contribution is 0.0956. The van der Waals surface area contributed by atoms with Crippen LogP contribution in [0.4, 0.5) is 0 Å². The van der Waals surface area contributed by atoms with Crippen LogP contribution in [0.1, 0.15) is 37.7 Å². The number of para-hydroxylation sites is 1. The van der Waals surface area contributed by atoms with Gasteiger partial charge in [-0.05, 0) is 46.8 Å². The summed E-state index contributed by atoms with van der Waals surface area (Å²) in [5, 5.41) is 17.9. The maximum absolute atomic E-state index is 9.80. The molecule has 2 N–H and O–H groups in total. The average Bonchev–Trinajstić information content (AvgIpc) is 2.73. The summed E-state index contributed by atoms with van der Waals surface area (Å²) < 4.78 is 1.97. The largest absolute Gasteiger partial charge is 0.392 e. The van der Waals surface area contributed by atoms with Crippen LogP contribution in [0.3, 0.4) is 0 Å². The quantitative estimate of drug-likeness (QED) is 0.889. The minimum Gasteiger partial charge on any atom is -0.392 e. The Morgan fingerprint density at radius 1 is 1.24 bits per heavy atom. The first-order valence-corrected chi connectivity index (χ1v) is 7.36. The third-order valence-corrected chi connectivity index (χ3v) is 4.21. The van der Waals surface area contributed by atoms with E-state index >= 15 is 0 Å². The molecule has 1 heterocycles. The van der Waals surface area contributed by atoms with Crippen LogP contribution in [0.2, 0.25) is 0 Å². The number of aliphatic hydroxyl groups is 1. The number of nitrogens with zero attached hydrogens (tertiary/aromatic N) is 2. The standard InChI is InChI=1S/C17H25N3O/c1-12-16(11-18-17(4,5)14(3)21)13(2)20(19-12)15-9-7-6-8-10-15/h6-10,14,18,21H,11H2,1-5H3. The van der Waals surface area contributed by atoms with Crippen molar-refractivity contribution >= 4 is 0 Å². The molecule has 4 nitrogen and oxygen atoms in total. The Balaban J connectivity index is 2.25. The molecule has 0 aliphatic rings. The maximum Gasteiger partial charge on any atom is 0.0688 e. The van der Waals surface area contributed by atoms with Crippen molar-refractivity contribution in [2.24, 2.45) is 0 Å². The van der Waals surface area contributed by atoms with E-state index < -0.39 is 6.10 Å².